The molecule has 2 nitrogen and oxygen atoms in total. The quantitative estimate of drug-likeness (QED) is 0.904. The first kappa shape index (κ1) is 14.8. The van der Waals surface area contributed by atoms with Gasteiger partial charge in [0.1, 0.15) is 6.10 Å². The second-order valence-electron chi connectivity index (χ2n) is 4.39. The van der Waals surface area contributed by atoms with E-state index in [-0.39, 0.29) is 16.1 Å². The number of aliphatic hydroxyl groups excluding tert-OH is 1. The Kier molecular flexibility index (Phi) is 4.01. The van der Waals surface area contributed by atoms with E-state index in [2.05, 4.69) is 4.98 Å². The summed E-state index contributed by atoms with van der Waals surface area (Å²) < 4.78 is 38.8. The van der Waals surface area contributed by atoms with Crippen LogP contribution in [0.4, 0.5) is 13.2 Å². The van der Waals surface area contributed by atoms with Crippen molar-refractivity contribution < 1.29 is 18.3 Å². The Morgan fingerprint density at radius 2 is 1.90 bits per heavy atom. The minimum absolute atomic E-state index is 0.217. The molecule has 2 rings (SSSR count). The first-order valence-electron chi connectivity index (χ1n) is 5.76. The van der Waals surface area contributed by atoms with Gasteiger partial charge in [-0.25, -0.2) is 0 Å². The first-order valence-corrected chi connectivity index (χ1v) is 6.13. The molecule has 0 aliphatic carbocycles. The molecule has 1 aromatic carbocycles. The standard InChI is InChI=1S/C14H11ClF3NO/c1-8-2-3-9(12(15)6-8)13(20)10-7-19-5-4-11(10)14(16,17)18/h2-7,13,20H,1H3. The molecule has 0 aliphatic heterocycles. The zero-order chi connectivity index (χ0) is 14.9. The number of rotatable bonds is 2. The van der Waals surface area contributed by atoms with Crippen molar-refractivity contribution in [2.45, 2.75) is 19.2 Å². The minimum Gasteiger partial charge on any atom is -0.384 e. The van der Waals surface area contributed by atoms with Crippen LogP contribution in [0.2, 0.25) is 5.02 Å². The molecule has 0 amide bonds. The largest absolute Gasteiger partial charge is 0.416 e. The van der Waals surface area contributed by atoms with Crippen molar-refractivity contribution in [3.63, 3.8) is 0 Å². The molecule has 20 heavy (non-hydrogen) atoms. The van der Waals surface area contributed by atoms with Gasteiger partial charge in [0.25, 0.3) is 0 Å². The molecule has 6 heteroatoms. The van der Waals surface area contributed by atoms with Crippen LogP contribution in [0.25, 0.3) is 0 Å². The van der Waals surface area contributed by atoms with Crippen LogP contribution >= 0.6 is 11.6 Å². The predicted octanol–water partition coefficient (Wildman–Crippen LogP) is 4.14. The van der Waals surface area contributed by atoms with Crippen molar-refractivity contribution in [2.24, 2.45) is 0 Å². The summed E-state index contributed by atoms with van der Waals surface area (Å²) in [5, 5.41) is 10.4. The molecule has 1 aromatic heterocycles. The number of hydrogen-bond acceptors (Lipinski definition) is 2. The molecule has 0 saturated carbocycles. The Hall–Kier alpha value is -1.59. The Morgan fingerprint density at radius 1 is 1.20 bits per heavy atom. The zero-order valence-electron chi connectivity index (χ0n) is 10.4. The molecule has 0 spiro atoms. The third-order valence-electron chi connectivity index (χ3n) is 2.90. The summed E-state index contributed by atoms with van der Waals surface area (Å²) >= 11 is 5.98. The van der Waals surface area contributed by atoms with Crippen LogP contribution in [-0.4, -0.2) is 10.1 Å². The van der Waals surface area contributed by atoms with Gasteiger partial charge < -0.3 is 5.11 Å². The smallest absolute Gasteiger partial charge is 0.384 e. The van der Waals surface area contributed by atoms with Crippen molar-refractivity contribution in [1.82, 2.24) is 4.98 Å². The topological polar surface area (TPSA) is 33.1 Å². The Morgan fingerprint density at radius 3 is 2.50 bits per heavy atom. The van der Waals surface area contributed by atoms with E-state index in [9.17, 15) is 18.3 Å². The van der Waals surface area contributed by atoms with Gasteiger partial charge in [0.15, 0.2) is 0 Å². The molecule has 0 aliphatic rings. The Labute approximate surface area is 118 Å². The molecular weight excluding hydrogens is 291 g/mol. The number of aliphatic hydroxyl groups is 1. The lowest BCUT2D eigenvalue weighted by Gasteiger charge is -2.18. The normalized spacial score (nSPS) is 13.3. The van der Waals surface area contributed by atoms with Crippen molar-refractivity contribution in [1.29, 1.82) is 0 Å². The number of pyridine rings is 1. The van der Waals surface area contributed by atoms with Gasteiger partial charge in [0.05, 0.1) is 5.56 Å². The molecule has 2 aromatic rings. The zero-order valence-corrected chi connectivity index (χ0v) is 11.2. The third-order valence-corrected chi connectivity index (χ3v) is 3.23. The number of aryl methyl sites for hydroxylation is 1. The SMILES string of the molecule is Cc1ccc(C(O)c2cnccc2C(F)(F)F)c(Cl)c1. The van der Waals surface area contributed by atoms with Gasteiger partial charge in [-0.3, -0.25) is 4.98 Å². The number of hydrogen-bond donors (Lipinski definition) is 1. The number of halogens is 4. The Balaban J connectivity index is 2.51. The van der Waals surface area contributed by atoms with Crippen molar-refractivity contribution in [3.05, 3.63) is 63.9 Å². The highest BCUT2D eigenvalue weighted by Crippen LogP contribution is 2.37. The number of alkyl halides is 3. The lowest BCUT2D eigenvalue weighted by molar-refractivity contribution is -0.139. The summed E-state index contributed by atoms with van der Waals surface area (Å²) in [7, 11) is 0. The minimum atomic E-state index is -4.56. The summed E-state index contributed by atoms with van der Waals surface area (Å²) in [5.74, 6) is 0. The second-order valence-corrected chi connectivity index (χ2v) is 4.80. The van der Waals surface area contributed by atoms with Crippen molar-refractivity contribution in [3.8, 4) is 0 Å². The summed E-state index contributed by atoms with van der Waals surface area (Å²) in [6.45, 7) is 1.80. The van der Waals surface area contributed by atoms with E-state index in [0.29, 0.717) is 0 Å². The molecule has 0 bridgehead atoms. The van der Waals surface area contributed by atoms with Gasteiger partial charge in [0.2, 0.25) is 0 Å². The second kappa shape index (κ2) is 5.42. The maximum absolute atomic E-state index is 12.9. The van der Waals surface area contributed by atoms with Crippen molar-refractivity contribution >= 4 is 11.6 Å². The van der Waals surface area contributed by atoms with Crippen LogP contribution in [0.5, 0.6) is 0 Å². The predicted molar refractivity (Wildman–Crippen MR) is 69.5 cm³/mol. The summed E-state index contributed by atoms with van der Waals surface area (Å²) in [6, 6.07) is 5.61. The van der Waals surface area contributed by atoms with E-state index < -0.39 is 17.8 Å². The number of benzene rings is 1. The molecule has 1 N–H and O–H groups in total. The van der Waals surface area contributed by atoms with Crippen molar-refractivity contribution in [2.75, 3.05) is 0 Å². The van der Waals surface area contributed by atoms with Gasteiger partial charge in [-0.2, -0.15) is 13.2 Å². The van der Waals surface area contributed by atoms with Gasteiger partial charge in [0, 0.05) is 28.5 Å². The number of nitrogens with zero attached hydrogens (tertiary/aromatic N) is 1. The summed E-state index contributed by atoms with van der Waals surface area (Å²) in [6.07, 6.45) is -4.00. The van der Waals surface area contributed by atoms with E-state index in [0.717, 1.165) is 24.0 Å². The van der Waals surface area contributed by atoms with Crippen LogP contribution in [0, 0.1) is 6.92 Å². The average Bonchev–Trinajstić information content (AvgIpc) is 2.37. The van der Waals surface area contributed by atoms with Gasteiger partial charge in [-0.15, -0.1) is 0 Å². The highest BCUT2D eigenvalue weighted by molar-refractivity contribution is 6.31. The Bertz CT molecular complexity index is 628. The maximum atomic E-state index is 12.9. The van der Waals surface area contributed by atoms with Crippen LogP contribution in [0.15, 0.2) is 36.7 Å². The third kappa shape index (κ3) is 2.94. The van der Waals surface area contributed by atoms with Gasteiger partial charge in [-0.1, -0.05) is 23.7 Å². The molecular formula is C14H11ClF3NO. The van der Waals surface area contributed by atoms with Gasteiger partial charge in [-0.05, 0) is 24.6 Å². The number of aromatic nitrogens is 1. The summed E-state index contributed by atoms with van der Waals surface area (Å²) in [4.78, 5) is 3.65. The molecule has 1 heterocycles. The molecule has 1 unspecified atom stereocenters. The lowest BCUT2D eigenvalue weighted by Crippen LogP contribution is -2.13. The first-order chi connectivity index (χ1) is 9.30. The molecule has 0 fully saturated rings. The fourth-order valence-corrected chi connectivity index (χ4v) is 2.24. The van der Waals surface area contributed by atoms with E-state index in [1.54, 1.807) is 19.1 Å². The monoisotopic (exact) mass is 301 g/mol. The highest BCUT2D eigenvalue weighted by atomic mass is 35.5. The van der Waals surface area contributed by atoms with E-state index in [1.807, 2.05) is 0 Å². The van der Waals surface area contributed by atoms with E-state index >= 15 is 0 Å². The fourth-order valence-electron chi connectivity index (χ4n) is 1.90. The summed E-state index contributed by atoms with van der Waals surface area (Å²) in [5.41, 5.74) is -0.161. The maximum Gasteiger partial charge on any atom is 0.416 e. The highest BCUT2D eigenvalue weighted by Gasteiger charge is 2.35. The average molecular weight is 302 g/mol. The molecule has 0 saturated heterocycles. The van der Waals surface area contributed by atoms with Crippen LogP contribution < -0.4 is 0 Å². The van der Waals surface area contributed by atoms with E-state index in [1.165, 1.54) is 6.07 Å². The molecule has 1 atom stereocenters. The van der Waals surface area contributed by atoms with Crippen LogP contribution in [0.1, 0.15) is 28.4 Å². The van der Waals surface area contributed by atoms with Crippen LogP contribution in [0.3, 0.4) is 0 Å². The van der Waals surface area contributed by atoms with Gasteiger partial charge >= 0.3 is 6.18 Å². The molecule has 106 valence electrons. The van der Waals surface area contributed by atoms with Crippen LogP contribution in [-0.2, 0) is 6.18 Å². The lowest BCUT2D eigenvalue weighted by atomic mass is 9.97. The fraction of sp³-hybridized carbons (Fsp3) is 0.214. The molecule has 0 radical (unpaired) electrons. The van der Waals surface area contributed by atoms with E-state index in [4.69, 9.17) is 11.6 Å².